The maximum Gasteiger partial charge on any atom is 0.295 e. The zero-order valence-corrected chi connectivity index (χ0v) is 20.7. The number of hydrogen-bond acceptors (Lipinski definition) is 6. The van der Waals surface area contributed by atoms with Gasteiger partial charge in [0.15, 0.2) is 0 Å². The predicted molar refractivity (Wildman–Crippen MR) is 128 cm³/mol. The van der Waals surface area contributed by atoms with Crippen LogP contribution in [0.2, 0.25) is 0 Å². The highest BCUT2D eigenvalue weighted by molar-refractivity contribution is 7.89. The SMILES string of the molecule is CCN(CC)S(=O)(=O)c1ccc(C(O)=C2C(=O)C(=O)N(CCCOC)[C@@H]2c2ccc(F)cc2)cc1. The molecule has 1 fully saturated rings. The molecule has 0 saturated carbocycles. The summed E-state index contributed by atoms with van der Waals surface area (Å²) >= 11 is 0. The highest BCUT2D eigenvalue weighted by Gasteiger charge is 2.45. The first-order chi connectivity index (χ1) is 16.7. The number of nitrogens with zero attached hydrogens (tertiary/aromatic N) is 2. The normalized spacial score (nSPS) is 18.0. The van der Waals surface area contributed by atoms with Crippen LogP contribution in [-0.2, 0) is 24.3 Å². The number of aliphatic hydroxyl groups is 1. The van der Waals surface area contributed by atoms with E-state index in [1.54, 1.807) is 13.8 Å². The Hall–Kier alpha value is -3.08. The zero-order valence-electron chi connectivity index (χ0n) is 19.9. The number of carbonyl (C=O) groups is 2. The molecule has 3 rings (SSSR count). The smallest absolute Gasteiger partial charge is 0.295 e. The highest BCUT2D eigenvalue weighted by Crippen LogP contribution is 2.39. The second-order valence-corrected chi connectivity index (χ2v) is 9.94. The molecule has 35 heavy (non-hydrogen) atoms. The number of likely N-dealkylation sites (tertiary alicyclic amines) is 1. The molecule has 1 heterocycles. The highest BCUT2D eigenvalue weighted by atomic mass is 32.2. The standard InChI is InChI=1S/C25H29FN2O6S/c1-4-27(5-2)35(32,33)20-13-9-18(10-14-20)23(29)21-22(17-7-11-19(26)12-8-17)28(15-6-16-34-3)25(31)24(21)30/h7-14,22,29H,4-6,15-16H2,1-3H3/t22-/m1/s1. The van der Waals surface area contributed by atoms with E-state index in [4.69, 9.17) is 4.74 Å². The first-order valence-corrected chi connectivity index (χ1v) is 12.7. The molecule has 0 spiro atoms. The van der Waals surface area contributed by atoms with Gasteiger partial charge in [0.05, 0.1) is 16.5 Å². The van der Waals surface area contributed by atoms with Crippen LogP contribution in [0.25, 0.3) is 5.76 Å². The van der Waals surface area contributed by atoms with Gasteiger partial charge in [-0.15, -0.1) is 0 Å². The molecule has 1 saturated heterocycles. The summed E-state index contributed by atoms with van der Waals surface area (Å²) in [5.41, 5.74) is 0.508. The van der Waals surface area contributed by atoms with Crippen LogP contribution >= 0.6 is 0 Å². The minimum Gasteiger partial charge on any atom is -0.507 e. The summed E-state index contributed by atoms with van der Waals surface area (Å²) in [6, 6.07) is 9.93. The van der Waals surface area contributed by atoms with E-state index in [0.717, 1.165) is 0 Å². The largest absolute Gasteiger partial charge is 0.507 e. The summed E-state index contributed by atoms with van der Waals surface area (Å²) in [5.74, 6) is -2.56. The lowest BCUT2D eigenvalue weighted by atomic mass is 9.95. The Balaban J connectivity index is 2.07. The molecule has 10 heteroatoms. The lowest BCUT2D eigenvalue weighted by Crippen LogP contribution is -2.31. The van der Waals surface area contributed by atoms with Crippen molar-refractivity contribution >= 4 is 27.5 Å². The van der Waals surface area contributed by atoms with Crippen LogP contribution in [0.15, 0.2) is 59.0 Å². The Bertz CT molecular complexity index is 1210. The lowest BCUT2D eigenvalue weighted by molar-refractivity contribution is -0.140. The molecule has 1 atom stereocenters. The molecule has 1 N–H and O–H groups in total. The number of ketones is 1. The number of rotatable bonds is 10. The summed E-state index contributed by atoms with van der Waals surface area (Å²) in [6.45, 7) is 4.65. The van der Waals surface area contributed by atoms with Crippen molar-refractivity contribution in [1.82, 2.24) is 9.21 Å². The van der Waals surface area contributed by atoms with Crippen LogP contribution in [0.5, 0.6) is 0 Å². The van der Waals surface area contributed by atoms with Gasteiger partial charge in [0.25, 0.3) is 11.7 Å². The molecule has 1 amide bonds. The summed E-state index contributed by atoms with van der Waals surface area (Å²) in [7, 11) is -2.18. The number of aliphatic hydroxyl groups excluding tert-OH is 1. The summed E-state index contributed by atoms with van der Waals surface area (Å²) in [6.07, 6.45) is 0.458. The molecular formula is C25H29FN2O6S. The lowest BCUT2D eigenvalue weighted by Gasteiger charge is -2.25. The second-order valence-electron chi connectivity index (χ2n) is 8.00. The van der Waals surface area contributed by atoms with E-state index in [9.17, 15) is 27.5 Å². The average molecular weight is 505 g/mol. The number of benzene rings is 2. The molecule has 8 nitrogen and oxygen atoms in total. The quantitative estimate of drug-likeness (QED) is 0.230. The zero-order chi connectivity index (χ0) is 25.8. The van der Waals surface area contributed by atoms with Crippen molar-refractivity contribution in [1.29, 1.82) is 0 Å². The number of carbonyl (C=O) groups excluding carboxylic acids is 2. The van der Waals surface area contributed by atoms with Crippen molar-refractivity contribution in [2.24, 2.45) is 0 Å². The Kier molecular flexibility index (Phi) is 8.42. The molecule has 0 radical (unpaired) electrons. The number of methoxy groups -OCH3 is 1. The van der Waals surface area contributed by atoms with Crippen LogP contribution in [-0.4, -0.2) is 67.8 Å². The molecule has 1 aliphatic rings. The molecule has 0 bridgehead atoms. The third-order valence-electron chi connectivity index (χ3n) is 5.94. The fourth-order valence-corrected chi connectivity index (χ4v) is 5.59. The van der Waals surface area contributed by atoms with Crippen LogP contribution in [0.1, 0.15) is 37.4 Å². The predicted octanol–water partition coefficient (Wildman–Crippen LogP) is 3.31. The van der Waals surface area contributed by atoms with Crippen molar-refractivity contribution in [2.45, 2.75) is 31.2 Å². The van der Waals surface area contributed by atoms with Gasteiger partial charge in [-0.05, 0) is 48.4 Å². The van der Waals surface area contributed by atoms with Gasteiger partial charge in [0, 0.05) is 38.9 Å². The first-order valence-electron chi connectivity index (χ1n) is 11.3. The van der Waals surface area contributed by atoms with Crippen LogP contribution in [0.4, 0.5) is 4.39 Å². The number of Topliss-reactive ketones (excluding diaryl/α,β-unsaturated/α-hetero) is 1. The number of halogens is 1. The van der Waals surface area contributed by atoms with Crippen molar-refractivity contribution in [3.8, 4) is 0 Å². The molecule has 188 valence electrons. The van der Waals surface area contributed by atoms with E-state index < -0.39 is 39.3 Å². The van der Waals surface area contributed by atoms with E-state index in [0.29, 0.717) is 31.7 Å². The third-order valence-corrected chi connectivity index (χ3v) is 8.01. The minimum absolute atomic E-state index is 0.0489. The van der Waals surface area contributed by atoms with Crippen LogP contribution < -0.4 is 0 Å². The van der Waals surface area contributed by atoms with E-state index in [1.807, 2.05) is 0 Å². The molecule has 2 aromatic carbocycles. The van der Waals surface area contributed by atoms with E-state index in [1.165, 1.54) is 64.8 Å². The fourth-order valence-electron chi connectivity index (χ4n) is 4.13. The molecule has 0 aliphatic carbocycles. The number of sulfonamides is 1. The van der Waals surface area contributed by atoms with Crippen LogP contribution in [0.3, 0.4) is 0 Å². The minimum atomic E-state index is -3.70. The maximum atomic E-state index is 13.6. The molecule has 0 unspecified atom stereocenters. The Morgan fingerprint density at radius 3 is 2.20 bits per heavy atom. The van der Waals surface area contributed by atoms with Gasteiger partial charge >= 0.3 is 0 Å². The third kappa shape index (κ3) is 5.29. The van der Waals surface area contributed by atoms with Gasteiger partial charge in [-0.2, -0.15) is 4.31 Å². The number of ether oxygens (including phenoxy) is 1. The molecule has 2 aromatic rings. The molecule has 0 aromatic heterocycles. The summed E-state index contributed by atoms with van der Waals surface area (Å²) in [5, 5.41) is 11.1. The van der Waals surface area contributed by atoms with Crippen molar-refractivity contribution < 1.29 is 32.2 Å². The maximum absolute atomic E-state index is 13.6. The van der Waals surface area contributed by atoms with E-state index in [2.05, 4.69) is 0 Å². The number of amides is 1. The Labute approximate surface area is 204 Å². The fraction of sp³-hybridized carbons (Fsp3) is 0.360. The van der Waals surface area contributed by atoms with Crippen molar-refractivity contribution in [3.63, 3.8) is 0 Å². The second kappa shape index (κ2) is 11.1. The van der Waals surface area contributed by atoms with E-state index >= 15 is 0 Å². The molecular weight excluding hydrogens is 475 g/mol. The van der Waals surface area contributed by atoms with E-state index in [-0.39, 0.29) is 22.6 Å². The monoisotopic (exact) mass is 504 g/mol. The van der Waals surface area contributed by atoms with Gasteiger partial charge in [-0.1, -0.05) is 26.0 Å². The Morgan fingerprint density at radius 2 is 1.66 bits per heavy atom. The van der Waals surface area contributed by atoms with Gasteiger partial charge in [0.2, 0.25) is 10.0 Å². The topological polar surface area (TPSA) is 104 Å². The van der Waals surface area contributed by atoms with Crippen LogP contribution in [0, 0.1) is 5.82 Å². The Morgan fingerprint density at radius 1 is 1.06 bits per heavy atom. The number of hydrogen-bond donors (Lipinski definition) is 1. The van der Waals surface area contributed by atoms with Gasteiger partial charge < -0.3 is 14.7 Å². The summed E-state index contributed by atoms with van der Waals surface area (Å²) < 4.78 is 45.4. The van der Waals surface area contributed by atoms with Gasteiger partial charge in [0.1, 0.15) is 11.6 Å². The van der Waals surface area contributed by atoms with Gasteiger partial charge in [-0.25, -0.2) is 12.8 Å². The molecule has 1 aliphatic heterocycles. The first kappa shape index (κ1) is 26.5. The van der Waals surface area contributed by atoms with Crippen molar-refractivity contribution in [3.05, 3.63) is 71.0 Å². The van der Waals surface area contributed by atoms with Gasteiger partial charge in [-0.3, -0.25) is 9.59 Å². The summed E-state index contributed by atoms with van der Waals surface area (Å²) in [4.78, 5) is 27.2. The van der Waals surface area contributed by atoms with Crippen molar-refractivity contribution in [2.75, 3.05) is 33.4 Å². The average Bonchev–Trinajstić information content (AvgIpc) is 3.10.